The molecule has 1 heterocycles. The van der Waals surface area contributed by atoms with Crippen LogP contribution in [0.5, 0.6) is 0 Å². The first-order chi connectivity index (χ1) is 6.36. The van der Waals surface area contributed by atoms with Crippen molar-refractivity contribution >= 4 is 0 Å². The molecule has 5 heteroatoms. The highest BCUT2D eigenvalue weighted by molar-refractivity contribution is 4.87. The first-order valence-corrected chi connectivity index (χ1v) is 4.86. The molecule has 0 aromatic heterocycles. The van der Waals surface area contributed by atoms with Crippen LogP contribution in [0.1, 0.15) is 26.7 Å². The maximum absolute atomic E-state index is 12.4. The summed E-state index contributed by atoms with van der Waals surface area (Å²) in [5.41, 5.74) is 0. The predicted octanol–water partition coefficient (Wildman–Crippen LogP) is 1.99. The Labute approximate surface area is 81.7 Å². The molecule has 3 atom stereocenters. The summed E-state index contributed by atoms with van der Waals surface area (Å²) in [6.45, 7) is 3.42. The molecule has 2 unspecified atom stereocenters. The molecule has 1 aliphatic heterocycles. The molecule has 0 aromatic carbocycles. The summed E-state index contributed by atoms with van der Waals surface area (Å²) < 4.78 is 37.1. The van der Waals surface area contributed by atoms with Gasteiger partial charge >= 0.3 is 6.18 Å². The highest BCUT2D eigenvalue weighted by atomic mass is 19.4. The Morgan fingerprint density at radius 3 is 2.43 bits per heavy atom. The van der Waals surface area contributed by atoms with Gasteiger partial charge in [0.15, 0.2) is 0 Å². The number of aliphatic hydroxyl groups is 1. The van der Waals surface area contributed by atoms with E-state index in [1.807, 2.05) is 0 Å². The third-order valence-electron chi connectivity index (χ3n) is 2.83. The molecule has 2 nitrogen and oxygen atoms in total. The van der Waals surface area contributed by atoms with Gasteiger partial charge in [-0.05, 0) is 19.8 Å². The largest absolute Gasteiger partial charge is 0.393 e. The number of hydrogen-bond acceptors (Lipinski definition) is 2. The molecule has 1 N–H and O–H groups in total. The third-order valence-corrected chi connectivity index (χ3v) is 2.83. The van der Waals surface area contributed by atoms with E-state index in [1.54, 1.807) is 13.8 Å². The number of likely N-dealkylation sites (tertiary alicyclic amines) is 1. The topological polar surface area (TPSA) is 23.5 Å². The summed E-state index contributed by atoms with van der Waals surface area (Å²) in [4.78, 5) is 1.53. The fourth-order valence-corrected chi connectivity index (χ4v) is 1.94. The Hall–Kier alpha value is -0.290. The Morgan fingerprint density at radius 2 is 2.07 bits per heavy atom. The van der Waals surface area contributed by atoms with Crippen LogP contribution in [-0.4, -0.2) is 35.0 Å². The van der Waals surface area contributed by atoms with Gasteiger partial charge in [0.05, 0.1) is 5.92 Å². The second kappa shape index (κ2) is 4.06. The summed E-state index contributed by atoms with van der Waals surface area (Å²) >= 11 is 0. The molecule has 0 saturated carbocycles. The number of hydrogen-bond donors (Lipinski definition) is 1. The van der Waals surface area contributed by atoms with Gasteiger partial charge < -0.3 is 5.11 Å². The first kappa shape index (κ1) is 11.8. The van der Waals surface area contributed by atoms with Crippen LogP contribution in [0.3, 0.4) is 0 Å². The lowest BCUT2D eigenvalue weighted by Crippen LogP contribution is -2.38. The van der Waals surface area contributed by atoms with E-state index >= 15 is 0 Å². The van der Waals surface area contributed by atoms with Gasteiger partial charge in [-0.25, -0.2) is 0 Å². The van der Waals surface area contributed by atoms with Gasteiger partial charge in [-0.2, -0.15) is 13.2 Å². The van der Waals surface area contributed by atoms with E-state index in [9.17, 15) is 18.3 Å². The van der Waals surface area contributed by atoms with Crippen LogP contribution in [0.2, 0.25) is 0 Å². The van der Waals surface area contributed by atoms with Crippen molar-refractivity contribution in [1.29, 1.82) is 0 Å². The van der Waals surface area contributed by atoms with Crippen molar-refractivity contribution in [2.45, 2.75) is 45.1 Å². The summed E-state index contributed by atoms with van der Waals surface area (Å²) in [7, 11) is 0. The van der Waals surface area contributed by atoms with Crippen molar-refractivity contribution in [3.05, 3.63) is 0 Å². The van der Waals surface area contributed by atoms with Crippen LogP contribution in [0.15, 0.2) is 0 Å². The summed E-state index contributed by atoms with van der Waals surface area (Å²) in [5, 5.41) is 9.47. The Balaban J connectivity index is 2.60. The van der Waals surface area contributed by atoms with Gasteiger partial charge in [-0.3, -0.25) is 4.90 Å². The minimum atomic E-state index is -4.13. The molecule has 1 aliphatic rings. The molecular weight excluding hydrogens is 195 g/mol. The van der Waals surface area contributed by atoms with Crippen molar-refractivity contribution in [3.8, 4) is 0 Å². The molecule has 1 rings (SSSR count). The van der Waals surface area contributed by atoms with Gasteiger partial charge in [0.2, 0.25) is 0 Å². The number of nitrogens with zero attached hydrogens (tertiary/aromatic N) is 1. The molecule has 0 amide bonds. The minimum Gasteiger partial charge on any atom is -0.378 e. The van der Waals surface area contributed by atoms with Crippen LogP contribution in [0.4, 0.5) is 13.2 Å². The molecule has 0 spiro atoms. The van der Waals surface area contributed by atoms with Crippen LogP contribution in [-0.2, 0) is 0 Å². The van der Waals surface area contributed by atoms with Crippen molar-refractivity contribution < 1.29 is 18.3 Å². The quantitative estimate of drug-likeness (QED) is 0.755. The van der Waals surface area contributed by atoms with Gasteiger partial charge in [0.1, 0.15) is 6.23 Å². The van der Waals surface area contributed by atoms with Crippen molar-refractivity contribution in [2.75, 3.05) is 6.54 Å². The zero-order chi connectivity index (χ0) is 10.9. The summed E-state index contributed by atoms with van der Waals surface area (Å²) in [5.74, 6) is -1.28. The van der Waals surface area contributed by atoms with Crippen molar-refractivity contribution in [1.82, 2.24) is 4.90 Å². The Kier molecular flexibility index (Phi) is 3.42. The maximum Gasteiger partial charge on any atom is 0.393 e. The van der Waals surface area contributed by atoms with E-state index in [1.165, 1.54) is 4.90 Å². The number of alkyl halides is 3. The smallest absolute Gasteiger partial charge is 0.378 e. The monoisotopic (exact) mass is 211 g/mol. The zero-order valence-corrected chi connectivity index (χ0v) is 8.38. The predicted molar refractivity (Wildman–Crippen MR) is 46.6 cm³/mol. The lowest BCUT2D eigenvalue weighted by molar-refractivity contribution is -0.172. The second-order valence-electron chi connectivity index (χ2n) is 3.91. The second-order valence-corrected chi connectivity index (χ2v) is 3.91. The third kappa shape index (κ3) is 2.39. The van der Waals surface area contributed by atoms with Crippen molar-refractivity contribution in [3.63, 3.8) is 0 Å². The summed E-state index contributed by atoms with van der Waals surface area (Å²) in [6, 6.07) is -0.184. The molecule has 0 radical (unpaired) electrons. The lowest BCUT2D eigenvalue weighted by atomic mass is 10.1. The van der Waals surface area contributed by atoms with E-state index in [4.69, 9.17) is 0 Å². The zero-order valence-electron chi connectivity index (χ0n) is 8.38. The van der Waals surface area contributed by atoms with Crippen LogP contribution in [0.25, 0.3) is 0 Å². The van der Waals surface area contributed by atoms with E-state index in [0.29, 0.717) is 6.42 Å². The minimum absolute atomic E-state index is 0.0698. The van der Waals surface area contributed by atoms with E-state index in [0.717, 1.165) is 0 Å². The Bertz CT molecular complexity index is 195. The molecule has 1 saturated heterocycles. The van der Waals surface area contributed by atoms with Crippen LogP contribution < -0.4 is 0 Å². The van der Waals surface area contributed by atoms with Crippen LogP contribution in [0, 0.1) is 5.92 Å². The normalized spacial score (nSPS) is 32.1. The number of rotatable bonds is 2. The standard InChI is InChI=1S/C9H16F3NO/c1-3-8(14)13-5-7(4-6(13)2)9(10,11)12/h6-8,14H,3-5H2,1-2H3/t6-,7?,8?/m1/s1. The fraction of sp³-hybridized carbons (Fsp3) is 1.00. The SMILES string of the molecule is CCC(O)N1CC(C(F)(F)F)C[C@H]1C. The van der Waals surface area contributed by atoms with Gasteiger partial charge in [-0.15, -0.1) is 0 Å². The maximum atomic E-state index is 12.4. The first-order valence-electron chi connectivity index (χ1n) is 4.86. The van der Waals surface area contributed by atoms with Gasteiger partial charge in [-0.1, -0.05) is 6.92 Å². The van der Waals surface area contributed by atoms with E-state index in [2.05, 4.69) is 0 Å². The molecule has 0 aromatic rings. The highest BCUT2D eigenvalue weighted by Gasteiger charge is 2.47. The Morgan fingerprint density at radius 1 is 1.50 bits per heavy atom. The average Bonchev–Trinajstić information content (AvgIpc) is 2.45. The number of aliphatic hydroxyl groups excluding tert-OH is 1. The average molecular weight is 211 g/mol. The molecular formula is C9H16F3NO. The summed E-state index contributed by atoms with van der Waals surface area (Å²) in [6.07, 6.45) is -4.30. The molecule has 0 aliphatic carbocycles. The lowest BCUT2D eigenvalue weighted by Gasteiger charge is -2.26. The fourth-order valence-electron chi connectivity index (χ4n) is 1.94. The van der Waals surface area contributed by atoms with Gasteiger partial charge in [0, 0.05) is 12.6 Å². The van der Waals surface area contributed by atoms with E-state index < -0.39 is 18.3 Å². The molecule has 84 valence electrons. The van der Waals surface area contributed by atoms with Crippen LogP contribution >= 0.6 is 0 Å². The molecule has 0 bridgehead atoms. The molecule has 14 heavy (non-hydrogen) atoms. The van der Waals surface area contributed by atoms with Crippen molar-refractivity contribution in [2.24, 2.45) is 5.92 Å². The molecule has 1 fully saturated rings. The number of halogens is 3. The highest BCUT2D eigenvalue weighted by Crippen LogP contribution is 2.37. The van der Waals surface area contributed by atoms with Gasteiger partial charge in [0.25, 0.3) is 0 Å². The van der Waals surface area contributed by atoms with E-state index in [-0.39, 0.29) is 19.0 Å².